The van der Waals surface area contributed by atoms with Crippen LogP contribution in [0.1, 0.15) is 15.9 Å². The summed E-state index contributed by atoms with van der Waals surface area (Å²) in [7, 11) is 2.94. The van der Waals surface area contributed by atoms with Gasteiger partial charge in [-0.15, -0.1) is 0 Å². The maximum atomic E-state index is 12.1. The Morgan fingerprint density at radius 1 is 1.24 bits per heavy atom. The van der Waals surface area contributed by atoms with Crippen molar-refractivity contribution < 1.29 is 19.2 Å². The van der Waals surface area contributed by atoms with Gasteiger partial charge < -0.3 is 9.47 Å². The van der Waals surface area contributed by atoms with Crippen LogP contribution in [0.5, 0.6) is 11.5 Å². The molecule has 2 aromatic carbocycles. The summed E-state index contributed by atoms with van der Waals surface area (Å²) in [5.41, 5.74) is 2.34. The van der Waals surface area contributed by atoms with Gasteiger partial charge in [0.25, 0.3) is 11.6 Å². The Morgan fingerprint density at radius 3 is 2.56 bits per heavy atom. The quantitative estimate of drug-likeness (QED) is 0.482. The average molecular weight is 364 g/mol. The van der Waals surface area contributed by atoms with Crippen LogP contribution in [0.3, 0.4) is 0 Å². The molecule has 1 N–H and O–H groups in total. The highest BCUT2D eigenvalue weighted by Crippen LogP contribution is 2.31. The first-order valence-corrected chi connectivity index (χ1v) is 7.34. The maximum Gasteiger partial charge on any atom is 0.282 e. The minimum absolute atomic E-state index is 0.0932. The van der Waals surface area contributed by atoms with Gasteiger partial charge in [-0.2, -0.15) is 5.10 Å². The molecule has 8 nitrogen and oxygen atoms in total. The van der Waals surface area contributed by atoms with Crippen LogP contribution in [-0.4, -0.2) is 31.3 Å². The number of para-hydroxylation sites is 1. The molecule has 0 spiro atoms. The highest BCUT2D eigenvalue weighted by molar-refractivity contribution is 6.32. The summed E-state index contributed by atoms with van der Waals surface area (Å²) in [5.74, 6) is 0.159. The molecule has 2 aromatic rings. The molecule has 1 amide bonds. The van der Waals surface area contributed by atoms with Crippen molar-refractivity contribution in [2.24, 2.45) is 5.10 Å². The van der Waals surface area contributed by atoms with Gasteiger partial charge in [0, 0.05) is 17.7 Å². The molecule has 25 heavy (non-hydrogen) atoms. The van der Waals surface area contributed by atoms with Gasteiger partial charge in [-0.1, -0.05) is 23.7 Å². The molecule has 0 aliphatic heterocycles. The van der Waals surface area contributed by atoms with Crippen LogP contribution in [0.15, 0.2) is 41.5 Å². The number of halogens is 1. The zero-order valence-electron chi connectivity index (χ0n) is 13.4. The average Bonchev–Trinajstić information content (AvgIpc) is 2.61. The molecule has 0 bridgehead atoms. The minimum Gasteiger partial charge on any atom is -0.496 e. The lowest BCUT2D eigenvalue weighted by Gasteiger charge is -2.09. The van der Waals surface area contributed by atoms with Gasteiger partial charge in [0.1, 0.15) is 17.1 Å². The predicted molar refractivity (Wildman–Crippen MR) is 92.7 cm³/mol. The summed E-state index contributed by atoms with van der Waals surface area (Å²) in [6, 6.07) is 8.71. The molecule has 2 rings (SSSR count). The smallest absolute Gasteiger partial charge is 0.282 e. The van der Waals surface area contributed by atoms with Gasteiger partial charge >= 0.3 is 0 Å². The van der Waals surface area contributed by atoms with Gasteiger partial charge in [0.2, 0.25) is 0 Å². The van der Waals surface area contributed by atoms with Gasteiger partial charge in [0.05, 0.1) is 30.4 Å². The largest absolute Gasteiger partial charge is 0.496 e. The number of hydrogen-bond acceptors (Lipinski definition) is 6. The summed E-state index contributed by atoms with van der Waals surface area (Å²) in [6.45, 7) is 0. The van der Waals surface area contributed by atoms with E-state index < -0.39 is 10.8 Å². The second-order valence-corrected chi connectivity index (χ2v) is 5.11. The number of hydrazone groups is 1. The van der Waals surface area contributed by atoms with Gasteiger partial charge in [-0.3, -0.25) is 14.9 Å². The fraction of sp³-hybridized carbons (Fsp3) is 0.125. The Hall–Kier alpha value is -3.13. The number of carbonyl (C=O) groups excluding carboxylic acids is 1. The molecular weight excluding hydrogens is 350 g/mol. The van der Waals surface area contributed by atoms with Crippen LogP contribution < -0.4 is 14.9 Å². The van der Waals surface area contributed by atoms with E-state index in [-0.39, 0.29) is 11.3 Å². The summed E-state index contributed by atoms with van der Waals surface area (Å²) >= 11 is 6.05. The van der Waals surface area contributed by atoms with Crippen molar-refractivity contribution in [3.63, 3.8) is 0 Å². The molecule has 9 heteroatoms. The molecule has 0 atom stereocenters. The van der Waals surface area contributed by atoms with Crippen LogP contribution in [0, 0.1) is 10.1 Å². The number of nitrogens with one attached hydrogen (secondary N) is 1. The van der Waals surface area contributed by atoms with E-state index in [0.717, 1.165) is 0 Å². The van der Waals surface area contributed by atoms with Crippen molar-refractivity contribution in [2.45, 2.75) is 0 Å². The van der Waals surface area contributed by atoms with Crippen molar-refractivity contribution >= 4 is 29.4 Å². The minimum atomic E-state index is -0.706. The number of benzene rings is 2. The predicted octanol–water partition coefficient (Wildman–Crippen LogP) is 3.03. The summed E-state index contributed by atoms with van der Waals surface area (Å²) < 4.78 is 10.3. The van der Waals surface area contributed by atoms with E-state index in [0.29, 0.717) is 22.1 Å². The molecule has 130 valence electrons. The van der Waals surface area contributed by atoms with E-state index in [9.17, 15) is 14.9 Å². The number of ether oxygens (including phenoxy) is 2. The number of amides is 1. The van der Waals surface area contributed by atoms with E-state index in [1.807, 2.05) is 0 Å². The van der Waals surface area contributed by atoms with E-state index in [2.05, 4.69) is 10.5 Å². The summed E-state index contributed by atoms with van der Waals surface area (Å²) in [6.07, 6.45) is 1.32. The standard InChI is InChI=1S/C16H14ClN3O5/c1-24-14-8-15(25-2)12(17)7-10(14)9-18-19-16(21)11-5-3-4-6-13(11)20(22)23/h3-9H,1-2H3,(H,19,21)/b18-9-. The van der Waals surface area contributed by atoms with Gasteiger partial charge in [0.15, 0.2) is 0 Å². The third-order valence-corrected chi connectivity index (χ3v) is 3.51. The third kappa shape index (κ3) is 4.24. The molecule has 0 aliphatic carbocycles. The van der Waals surface area contributed by atoms with E-state index in [1.165, 1.54) is 44.7 Å². The number of methoxy groups -OCH3 is 2. The molecule has 0 unspecified atom stereocenters. The second-order valence-electron chi connectivity index (χ2n) is 4.70. The Labute approximate surface area is 148 Å². The van der Waals surface area contributed by atoms with Crippen molar-refractivity contribution in [2.75, 3.05) is 14.2 Å². The highest BCUT2D eigenvalue weighted by atomic mass is 35.5. The topological polar surface area (TPSA) is 103 Å². The lowest BCUT2D eigenvalue weighted by Crippen LogP contribution is -2.19. The van der Waals surface area contributed by atoms with E-state index in [4.69, 9.17) is 21.1 Å². The number of rotatable bonds is 6. The molecule has 0 fully saturated rings. The molecule has 0 aliphatic rings. The van der Waals surface area contributed by atoms with Gasteiger partial charge in [-0.05, 0) is 12.1 Å². The molecule has 0 aromatic heterocycles. The number of carbonyl (C=O) groups is 1. The normalized spacial score (nSPS) is 10.5. The Bertz CT molecular complexity index is 839. The highest BCUT2D eigenvalue weighted by Gasteiger charge is 2.18. The zero-order valence-corrected chi connectivity index (χ0v) is 14.1. The Morgan fingerprint density at radius 2 is 1.92 bits per heavy atom. The SMILES string of the molecule is COc1cc(OC)c(/C=N\NC(=O)c2ccccc2[N+](=O)[O-])cc1Cl. The van der Waals surface area contributed by atoms with Crippen LogP contribution >= 0.6 is 11.6 Å². The van der Waals surface area contributed by atoms with Crippen LogP contribution in [-0.2, 0) is 0 Å². The Balaban J connectivity index is 2.20. The van der Waals surface area contributed by atoms with Crippen molar-refractivity contribution in [1.82, 2.24) is 5.43 Å². The molecule has 0 heterocycles. The molecule has 0 saturated heterocycles. The summed E-state index contributed by atoms with van der Waals surface area (Å²) in [5, 5.41) is 15.1. The fourth-order valence-electron chi connectivity index (χ4n) is 2.03. The molecular formula is C16H14ClN3O5. The second kappa shape index (κ2) is 8.11. The van der Waals surface area contributed by atoms with Gasteiger partial charge in [-0.25, -0.2) is 5.43 Å². The van der Waals surface area contributed by atoms with Crippen molar-refractivity contribution in [1.29, 1.82) is 0 Å². The first-order valence-electron chi connectivity index (χ1n) is 6.96. The third-order valence-electron chi connectivity index (χ3n) is 3.22. The van der Waals surface area contributed by atoms with Crippen molar-refractivity contribution in [3.05, 3.63) is 62.7 Å². The first kappa shape index (κ1) is 18.2. The van der Waals surface area contributed by atoms with Crippen molar-refractivity contribution in [3.8, 4) is 11.5 Å². The number of nitrogens with zero attached hydrogens (tertiary/aromatic N) is 2. The Kier molecular flexibility index (Phi) is 5.91. The number of hydrogen-bond donors (Lipinski definition) is 1. The fourth-order valence-corrected chi connectivity index (χ4v) is 2.28. The van der Waals surface area contributed by atoms with Crippen LogP contribution in [0.2, 0.25) is 5.02 Å². The molecule has 0 saturated carbocycles. The van der Waals surface area contributed by atoms with E-state index >= 15 is 0 Å². The van der Waals surface area contributed by atoms with Crippen LogP contribution in [0.4, 0.5) is 5.69 Å². The number of nitro groups is 1. The lowest BCUT2D eigenvalue weighted by molar-refractivity contribution is -0.385. The zero-order chi connectivity index (χ0) is 18.4. The van der Waals surface area contributed by atoms with E-state index in [1.54, 1.807) is 12.1 Å². The monoisotopic (exact) mass is 363 g/mol. The maximum absolute atomic E-state index is 12.1. The number of nitro benzene ring substituents is 1. The van der Waals surface area contributed by atoms with Crippen LogP contribution in [0.25, 0.3) is 0 Å². The first-order chi connectivity index (χ1) is 12.0. The lowest BCUT2D eigenvalue weighted by atomic mass is 10.2. The molecule has 0 radical (unpaired) electrons. The summed E-state index contributed by atoms with van der Waals surface area (Å²) in [4.78, 5) is 22.4.